The van der Waals surface area contributed by atoms with Crippen molar-refractivity contribution in [2.75, 3.05) is 6.54 Å². The van der Waals surface area contributed by atoms with Crippen LogP contribution in [0.4, 0.5) is 0 Å². The van der Waals surface area contributed by atoms with E-state index in [1.165, 1.54) is 15.4 Å². The maximum absolute atomic E-state index is 13.2. The Hall–Kier alpha value is -3.13. The minimum atomic E-state index is -0.318. The highest BCUT2D eigenvalue weighted by Gasteiger charge is 2.29. The minimum absolute atomic E-state index is 0.0330. The van der Waals surface area contributed by atoms with Crippen molar-refractivity contribution in [3.05, 3.63) is 58.2 Å². The number of hydrogen-bond acceptors (Lipinski definition) is 5. The third-order valence-corrected chi connectivity index (χ3v) is 5.19. The fourth-order valence-electron chi connectivity index (χ4n) is 3.24. The smallest absolute Gasteiger partial charge is 0.350 e. The Kier molecular flexibility index (Phi) is 6.08. The number of nitrogens with zero attached hydrogens (tertiary/aromatic N) is 4. The molecule has 3 aromatic rings. The van der Waals surface area contributed by atoms with Crippen LogP contribution in [0.2, 0.25) is 5.02 Å². The summed E-state index contributed by atoms with van der Waals surface area (Å²) in [6.07, 6.45) is 5.03. The highest BCUT2D eigenvalue weighted by Crippen LogP contribution is 2.29. The van der Waals surface area contributed by atoms with E-state index in [0.717, 1.165) is 12.8 Å². The van der Waals surface area contributed by atoms with Gasteiger partial charge in [0.1, 0.15) is 5.75 Å². The van der Waals surface area contributed by atoms with E-state index >= 15 is 0 Å². The number of nitrogens with one attached hydrogen (secondary N) is 1. The maximum atomic E-state index is 13.2. The van der Waals surface area contributed by atoms with Crippen molar-refractivity contribution < 1.29 is 9.53 Å². The molecule has 162 valence electrons. The molecule has 0 aliphatic heterocycles. The molecule has 0 spiro atoms. The molecular formula is C22H24ClN5O3. The molecule has 0 bridgehead atoms. The lowest BCUT2D eigenvalue weighted by Gasteiger charge is -2.11. The summed E-state index contributed by atoms with van der Waals surface area (Å²) >= 11 is 6.35. The lowest BCUT2D eigenvalue weighted by Crippen LogP contribution is -2.32. The molecule has 1 aliphatic rings. The Bertz CT molecular complexity index is 1130. The molecule has 1 fully saturated rings. The van der Waals surface area contributed by atoms with Gasteiger partial charge < -0.3 is 10.1 Å². The number of carbonyl (C=O) groups is 1. The molecule has 1 amide bonds. The minimum Gasteiger partial charge on any atom is -0.491 e. The van der Waals surface area contributed by atoms with Gasteiger partial charge in [0.25, 0.3) is 0 Å². The number of aromatic nitrogens is 4. The van der Waals surface area contributed by atoms with E-state index in [-0.39, 0.29) is 30.2 Å². The molecule has 0 saturated heterocycles. The normalized spacial score (nSPS) is 13.4. The fraction of sp³-hybridized carbons (Fsp3) is 0.364. The molecule has 8 nitrogen and oxygen atoms in total. The fourth-order valence-corrected chi connectivity index (χ4v) is 3.44. The van der Waals surface area contributed by atoms with Gasteiger partial charge in [-0.05, 0) is 57.0 Å². The molecule has 1 N–H and O–H groups in total. The largest absolute Gasteiger partial charge is 0.491 e. The molecule has 0 radical (unpaired) electrons. The highest BCUT2D eigenvalue weighted by atomic mass is 35.5. The Labute approximate surface area is 184 Å². The number of benzene rings is 1. The molecule has 2 aromatic heterocycles. The summed E-state index contributed by atoms with van der Waals surface area (Å²) in [7, 11) is 0. The van der Waals surface area contributed by atoms with E-state index in [1.807, 2.05) is 26.0 Å². The molecule has 1 saturated carbocycles. The third-order valence-electron chi connectivity index (χ3n) is 4.89. The Morgan fingerprint density at radius 1 is 1.26 bits per heavy atom. The van der Waals surface area contributed by atoms with Gasteiger partial charge in [-0.15, -0.1) is 5.10 Å². The van der Waals surface area contributed by atoms with Crippen LogP contribution in [0.1, 0.15) is 26.7 Å². The van der Waals surface area contributed by atoms with Crippen LogP contribution in [-0.2, 0) is 11.3 Å². The third kappa shape index (κ3) is 4.80. The summed E-state index contributed by atoms with van der Waals surface area (Å²) < 4.78 is 8.54. The summed E-state index contributed by atoms with van der Waals surface area (Å²) in [6, 6.07) is 8.95. The van der Waals surface area contributed by atoms with Crippen LogP contribution >= 0.6 is 11.6 Å². The van der Waals surface area contributed by atoms with E-state index in [0.29, 0.717) is 34.4 Å². The number of hydrogen-bond donors (Lipinski definition) is 1. The molecule has 1 aromatic carbocycles. The van der Waals surface area contributed by atoms with Crippen molar-refractivity contribution >= 4 is 17.5 Å². The van der Waals surface area contributed by atoms with Crippen LogP contribution in [0.5, 0.6) is 5.75 Å². The van der Waals surface area contributed by atoms with Gasteiger partial charge in [-0.3, -0.25) is 9.78 Å². The first-order valence-corrected chi connectivity index (χ1v) is 10.7. The molecule has 1 aliphatic carbocycles. The predicted molar refractivity (Wildman–Crippen MR) is 118 cm³/mol. The van der Waals surface area contributed by atoms with Crippen molar-refractivity contribution in [1.29, 1.82) is 0 Å². The van der Waals surface area contributed by atoms with E-state index in [2.05, 4.69) is 15.4 Å². The van der Waals surface area contributed by atoms with Crippen molar-refractivity contribution in [1.82, 2.24) is 24.6 Å². The van der Waals surface area contributed by atoms with Crippen LogP contribution < -0.4 is 15.7 Å². The van der Waals surface area contributed by atoms with Gasteiger partial charge in [-0.25, -0.2) is 14.0 Å². The van der Waals surface area contributed by atoms with Crippen molar-refractivity contribution in [2.45, 2.75) is 39.3 Å². The van der Waals surface area contributed by atoms with Crippen LogP contribution in [-0.4, -0.2) is 37.9 Å². The number of amides is 1. The number of halogens is 1. The topological polar surface area (TPSA) is 91.0 Å². The molecule has 0 atom stereocenters. The first-order valence-electron chi connectivity index (χ1n) is 10.3. The SMILES string of the molecule is CC(C)Oc1ccc(-n2c(-c3ccncc3Cl)nn(CCNC(=O)C3CC3)c2=O)cc1. The molecule has 9 heteroatoms. The summed E-state index contributed by atoms with van der Waals surface area (Å²) in [5.41, 5.74) is 0.912. The number of carbonyl (C=O) groups excluding carboxylic acids is 1. The average Bonchev–Trinajstić information content (AvgIpc) is 3.54. The number of pyridine rings is 1. The lowest BCUT2D eigenvalue weighted by molar-refractivity contribution is -0.122. The number of ether oxygens (including phenoxy) is 1. The van der Waals surface area contributed by atoms with Gasteiger partial charge in [0.05, 0.1) is 23.4 Å². The zero-order valence-corrected chi connectivity index (χ0v) is 18.2. The quantitative estimate of drug-likeness (QED) is 0.580. The van der Waals surface area contributed by atoms with Crippen LogP contribution in [0.25, 0.3) is 17.1 Å². The van der Waals surface area contributed by atoms with E-state index in [4.69, 9.17) is 16.3 Å². The second kappa shape index (κ2) is 8.93. The second-order valence-electron chi connectivity index (χ2n) is 7.75. The highest BCUT2D eigenvalue weighted by molar-refractivity contribution is 6.33. The Morgan fingerprint density at radius 3 is 2.65 bits per heavy atom. The van der Waals surface area contributed by atoms with E-state index < -0.39 is 0 Å². The predicted octanol–water partition coefficient (Wildman–Crippen LogP) is 3.06. The second-order valence-corrected chi connectivity index (χ2v) is 8.15. The first-order chi connectivity index (χ1) is 14.9. The van der Waals surface area contributed by atoms with Gasteiger partial charge in [0.2, 0.25) is 5.91 Å². The molecule has 4 rings (SSSR count). The van der Waals surface area contributed by atoms with Gasteiger partial charge in [-0.2, -0.15) is 0 Å². The van der Waals surface area contributed by atoms with Crippen molar-refractivity contribution in [2.24, 2.45) is 5.92 Å². The van der Waals surface area contributed by atoms with Gasteiger partial charge in [0.15, 0.2) is 5.82 Å². The molecule has 0 unspecified atom stereocenters. The lowest BCUT2D eigenvalue weighted by atomic mass is 10.2. The maximum Gasteiger partial charge on any atom is 0.350 e. The van der Waals surface area contributed by atoms with Crippen molar-refractivity contribution in [3.63, 3.8) is 0 Å². The molecule has 2 heterocycles. The van der Waals surface area contributed by atoms with Gasteiger partial charge >= 0.3 is 5.69 Å². The standard InChI is InChI=1S/C22H24ClN5O3/c1-14(2)31-17-7-5-16(6-8-17)28-20(18-9-10-24-13-19(18)23)26-27(22(28)30)12-11-25-21(29)15-3-4-15/h5-10,13-15H,3-4,11-12H2,1-2H3,(H,25,29). The van der Waals surface area contributed by atoms with Crippen LogP contribution in [0.15, 0.2) is 47.5 Å². The van der Waals surface area contributed by atoms with E-state index in [1.54, 1.807) is 24.4 Å². The summed E-state index contributed by atoms with van der Waals surface area (Å²) in [5, 5.41) is 7.77. The monoisotopic (exact) mass is 441 g/mol. The summed E-state index contributed by atoms with van der Waals surface area (Å²) in [4.78, 5) is 29.1. The zero-order chi connectivity index (χ0) is 22.0. The van der Waals surface area contributed by atoms with Crippen LogP contribution in [0, 0.1) is 5.92 Å². The summed E-state index contributed by atoms with van der Waals surface area (Å²) in [5.74, 6) is 1.27. The van der Waals surface area contributed by atoms with E-state index in [9.17, 15) is 9.59 Å². The Balaban J connectivity index is 1.68. The molecular weight excluding hydrogens is 418 g/mol. The first kappa shape index (κ1) is 21.1. The summed E-state index contributed by atoms with van der Waals surface area (Å²) in [6.45, 7) is 4.49. The zero-order valence-electron chi connectivity index (χ0n) is 17.4. The van der Waals surface area contributed by atoms with Crippen molar-refractivity contribution in [3.8, 4) is 22.8 Å². The Morgan fingerprint density at radius 2 is 2.00 bits per heavy atom. The average molecular weight is 442 g/mol. The molecule has 31 heavy (non-hydrogen) atoms. The van der Waals surface area contributed by atoms with Gasteiger partial charge in [0, 0.05) is 30.4 Å². The number of rotatable bonds is 8. The van der Waals surface area contributed by atoms with Crippen LogP contribution in [0.3, 0.4) is 0 Å². The van der Waals surface area contributed by atoms with Gasteiger partial charge in [-0.1, -0.05) is 11.6 Å².